The molecule has 1 amide bonds. The molecule has 176 valence electrons. The van der Waals surface area contributed by atoms with Crippen LogP contribution in [0.4, 0.5) is 5.69 Å². The van der Waals surface area contributed by atoms with Crippen LogP contribution in [0.2, 0.25) is 5.02 Å². The molecule has 0 unspecified atom stereocenters. The fourth-order valence-electron chi connectivity index (χ4n) is 5.01. The largest absolute Gasteiger partial charge is 0.368 e. The molecule has 0 aliphatic carbocycles. The van der Waals surface area contributed by atoms with E-state index in [0.29, 0.717) is 35.7 Å². The number of para-hydroxylation sites is 1. The number of fused-ring (bicyclic) bond motifs is 3. The maximum absolute atomic E-state index is 13.9. The van der Waals surface area contributed by atoms with E-state index in [4.69, 9.17) is 11.6 Å². The quantitative estimate of drug-likeness (QED) is 0.426. The van der Waals surface area contributed by atoms with Crippen LogP contribution in [0.15, 0.2) is 59.5 Å². The van der Waals surface area contributed by atoms with Gasteiger partial charge in [0.1, 0.15) is 5.52 Å². The van der Waals surface area contributed by atoms with E-state index in [9.17, 15) is 9.59 Å². The first-order valence-electron chi connectivity index (χ1n) is 11.8. The summed E-state index contributed by atoms with van der Waals surface area (Å²) in [6.45, 7) is 7.47. The minimum atomic E-state index is -0.0495. The molecule has 1 aliphatic rings. The van der Waals surface area contributed by atoms with Crippen molar-refractivity contribution in [1.82, 2.24) is 14.0 Å². The molecule has 0 atom stereocenters. The third kappa shape index (κ3) is 3.86. The lowest BCUT2D eigenvalue weighted by molar-refractivity contribution is 0.0748. The van der Waals surface area contributed by atoms with Crippen LogP contribution >= 0.6 is 11.6 Å². The molecule has 2 aromatic carbocycles. The zero-order chi connectivity index (χ0) is 24.0. The van der Waals surface area contributed by atoms with Gasteiger partial charge in [-0.15, -0.1) is 0 Å². The number of aromatic nitrogens is 2. The third-order valence-electron chi connectivity index (χ3n) is 6.68. The lowest BCUT2D eigenvalue weighted by atomic mass is 10.1. The van der Waals surface area contributed by atoms with E-state index in [1.807, 2.05) is 65.0 Å². The van der Waals surface area contributed by atoms with E-state index in [1.54, 1.807) is 10.8 Å². The number of nitrogens with zero attached hydrogens (tertiary/aromatic N) is 4. The van der Waals surface area contributed by atoms with E-state index in [-0.39, 0.29) is 17.4 Å². The molecule has 6 nitrogen and oxygen atoms in total. The first-order chi connectivity index (χ1) is 16.3. The van der Waals surface area contributed by atoms with Gasteiger partial charge >= 0.3 is 0 Å². The summed E-state index contributed by atoms with van der Waals surface area (Å²) in [5.41, 5.74) is 3.21. The number of hydrogen-bond acceptors (Lipinski definition) is 3. The number of anilines is 1. The number of rotatable bonds is 4. The molecule has 2 aromatic heterocycles. The molecule has 0 N–H and O–H groups in total. The summed E-state index contributed by atoms with van der Waals surface area (Å²) in [5.74, 6) is 0.269. The van der Waals surface area contributed by atoms with E-state index in [1.165, 1.54) is 0 Å². The van der Waals surface area contributed by atoms with Gasteiger partial charge in [-0.2, -0.15) is 0 Å². The van der Waals surface area contributed by atoms with Crippen molar-refractivity contribution in [2.75, 3.05) is 31.1 Å². The number of carbonyl (C=O) groups excluding carboxylic acids is 1. The Kier molecular flexibility index (Phi) is 5.86. The average Bonchev–Trinajstić information content (AvgIpc) is 3.14. The summed E-state index contributed by atoms with van der Waals surface area (Å²) in [5, 5.41) is 2.42. The van der Waals surface area contributed by atoms with Crippen molar-refractivity contribution >= 4 is 45.0 Å². The van der Waals surface area contributed by atoms with Gasteiger partial charge in [0.25, 0.3) is 11.5 Å². The van der Waals surface area contributed by atoms with E-state index in [2.05, 4.69) is 18.7 Å². The summed E-state index contributed by atoms with van der Waals surface area (Å²) in [7, 11) is 1.91. The highest BCUT2D eigenvalue weighted by molar-refractivity contribution is 6.30. The molecular formula is C27H29ClN4O2. The van der Waals surface area contributed by atoms with Crippen molar-refractivity contribution in [3.8, 4) is 0 Å². The Hall–Kier alpha value is -3.25. The van der Waals surface area contributed by atoms with Gasteiger partial charge < -0.3 is 18.9 Å². The van der Waals surface area contributed by atoms with Crippen molar-refractivity contribution in [3.05, 3.63) is 75.7 Å². The number of carbonyl (C=O) groups is 1. The number of pyridine rings is 1. The second-order valence-electron chi connectivity index (χ2n) is 9.45. The van der Waals surface area contributed by atoms with Gasteiger partial charge in [0.2, 0.25) is 0 Å². The van der Waals surface area contributed by atoms with Crippen LogP contribution in [-0.2, 0) is 13.6 Å². The number of aryl methyl sites for hydroxylation is 1. The van der Waals surface area contributed by atoms with Crippen LogP contribution < -0.4 is 10.5 Å². The summed E-state index contributed by atoms with van der Waals surface area (Å²) in [6.07, 6.45) is 1.78. The van der Waals surface area contributed by atoms with Gasteiger partial charge in [0.05, 0.1) is 5.56 Å². The number of hydrogen-bond donors (Lipinski definition) is 0. The predicted molar refractivity (Wildman–Crippen MR) is 139 cm³/mol. The van der Waals surface area contributed by atoms with Crippen molar-refractivity contribution in [2.45, 2.75) is 20.4 Å². The summed E-state index contributed by atoms with van der Waals surface area (Å²) in [4.78, 5) is 31.5. The first kappa shape index (κ1) is 22.5. The SMILES string of the molecule is CC(C)Cn1cc(C(=O)N2CCN(c3ccc(Cl)cc3)CC2)c2c3ccccc3n(C)c2c1=O. The number of halogens is 1. The minimum absolute atomic E-state index is 0.0189. The molecule has 5 rings (SSSR count). The molecule has 1 fully saturated rings. The Bertz CT molecular complexity index is 1430. The average molecular weight is 477 g/mol. The third-order valence-corrected chi connectivity index (χ3v) is 6.93. The van der Waals surface area contributed by atoms with E-state index >= 15 is 0 Å². The van der Waals surface area contributed by atoms with E-state index < -0.39 is 0 Å². The standard InChI is InChI=1S/C27H29ClN4O2/c1-18(2)16-32-17-22(24-21-6-4-5-7-23(21)29(3)25(24)27(32)34)26(33)31-14-12-30(13-15-31)20-10-8-19(28)9-11-20/h4-11,17-18H,12-16H2,1-3H3. The smallest absolute Gasteiger partial charge is 0.275 e. The Morgan fingerprint density at radius 3 is 2.35 bits per heavy atom. The van der Waals surface area contributed by atoms with Crippen molar-refractivity contribution < 1.29 is 4.79 Å². The molecule has 1 saturated heterocycles. The highest BCUT2D eigenvalue weighted by Gasteiger charge is 2.27. The first-order valence-corrected chi connectivity index (χ1v) is 12.1. The number of benzene rings is 2. The minimum Gasteiger partial charge on any atom is -0.368 e. The van der Waals surface area contributed by atoms with Crippen LogP contribution in [0.5, 0.6) is 0 Å². The zero-order valence-corrected chi connectivity index (χ0v) is 20.5. The molecule has 0 spiro atoms. The number of piperazine rings is 1. The molecule has 34 heavy (non-hydrogen) atoms. The molecule has 3 heterocycles. The monoisotopic (exact) mass is 476 g/mol. The Labute approximate surface area is 203 Å². The van der Waals surface area contributed by atoms with E-state index in [0.717, 1.165) is 35.1 Å². The topological polar surface area (TPSA) is 50.5 Å². The Balaban J connectivity index is 1.54. The Morgan fingerprint density at radius 1 is 1.00 bits per heavy atom. The fourth-order valence-corrected chi connectivity index (χ4v) is 5.14. The molecule has 0 bridgehead atoms. The molecule has 4 aromatic rings. The van der Waals surface area contributed by atoms with Gasteiger partial charge in [-0.05, 0) is 36.2 Å². The summed E-state index contributed by atoms with van der Waals surface area (Å²) >= 11 is 6.03. The highest BCUT2D eigenvalue weighted by atomic mass is 35.5. The lowest BCUT2D eigenvalue weighted by Gasteiger charge is -2.36. The molecular weight excluding hydrogens is 448 g/mol. The number of amides is 1. The van der Waals surface area contributed by atoms with Crippen molar-refractivity contribution in [3.63, 3.8) is 0 Å². The van der Waals surface area contributed by atoms with Crippen LogP contribution in [-0.4, -0.2) is 46.1 Å². The van der Waals surface area contributed by atoms with Crippen LogP contribution in [0.1, 0.15) is 24.2 Å². The second-order valence-corrected chi connectivity index (χ2v) is 9.89. The summed E-state index contributed by atoms with van der Waals surface area (Å²) < 4.78 is 3.64. The van der Waals surface area contributed by atoms with Gasteiger partial charge in [-0.25, -0.2) is 0 Å². The molecule has 7 heteroatoms. The maximum atomic E-state index is 13.9. The van der Waals surface area contributed by atoms with Crippen LogP contribution in [0.25, 0.3) is 21.8 Å². The second kappa shape index (κ2) is 8.84. The van der Waals surface area contributed by atoms with Crippen LogP contribution in [0.3, 0.4) is 0 Å². The summed E-state index contributed by atoms with van der Waals surface area (Å²) in [6, 6.07) is 15.7. The predicted octanol–water partition coefficient (Wildman–Crippen LogP) is 4.77. The van der Waals surface area contributed by atoms with Crippen molar-refractivity contribution in [1.29, 1.82) is 0 Å². The van der Waals surface area contributed by atoms with Crippen molar-refractivity contribution in [2.24, 2.45) is 13.0 Å². The van der Waals surface area contributed by atoms with Crippen LogP contribution in [0, 0.1) is 5.92 Å². The van der Waals surface area contributed by atoms with Gasteiger partial charge in [-0.1, -0.05) is 43.6 Å². The highest BCUT2D eigenvalue weighted by Crippen LogP contribution is 2.30. The maximum Gasteiger partial charge on any atom is 0.275 e. The fraction of sp³-hybridized carbons (Fsp3) is 0.333. The molecule has 1 aliphatic heterocycles. The Morgan fingerprint density at radius 2 is 1.68 bits per heavy atom. The van der Waals surface area contributed by atoms with Gasteiger partial charge in [-0.3, -0.25) is 9.59 Å². The lowest BCUT2D eigenvalue weighted by Crippen LogP contribution is -2.49. The van der Waals surface area contributed by atoms with Gasteiger partial charge in [0.15, 0.2) is 0 Å². The molecule has 0 saturated carbocycles. The zero-order valence-electron chi connectivity index (χ0n) is 19.8. The van der Waals surface area contributed by atoms with Gasteiger partial charge in [0, 0.05) is 73.0 Å². The normalized spacial score (nSPS) is 14.5. The molecule has 0 radical (unpaired) electrons.